The van der Waals surface area contributed by atoms with Crippen molar-refractivity contribution in [3.05, 3.63) is 142 Å². The van der Waals surface area contributed by atoms with E-state index in [0.717, 1.165) is 54.8 Å². The zero-order valence-corrected chi connectivity index (χ0v) is 28.6. The molecule has 1 saturated heterocycles. The number of nitrogens with one attached hydrogen (secondary N) is 3. The van der Waals surface area contributed by atoms with E-state index in [0.29, 0.717) is 24.2 Å². The summed E-state index contributed by atoms with van der Waals surface area (Å²) in [6.07, 6.45) is 25.9. The highest BCUT2D eigenvalue weighted by Crippen LogP contribution is 2.44. The third kappa shape index (κ3) is 8.37. The number of likely N-dealkylation sites (tertiary alicyclic amines) is 1. The van der Waals surface area contributed by atoms with Crippen LogP contribution in [0.4, 0.5) is 4.39 Å². The van der Waals surface area contributed by atoms with Gasteiger partial charge in [0.1, 0.15) is 5.83 Å². The largest absolute Gasteiger partial charge is 0.381 e. The van der Waals surface area contributed by atoms with Crippen molar-refractivity contribution in [2.45, 2.75) is 77.7 Å². The van der Waals surface area contributed by atoms with E-state index >= 15 is 4.39 Å². The number of halogens is 1. The third-order valence-corrected chi connectivity index (χ3v) is 10.6. The van der Waals surface area contributed by atoms with Crippen molar-refractivity contribution in [2.75, 3.05) is 20.1 Å². The summed E-state index contributed by atoms with van der Waals surface area (Å²) in [5, 5.41) is 10.4. The molecule has 2 heterocycles. The van der Waals surface area contributed by atoms with Gasteiger partial charge in [0.25, 0.3) is 0 Å². The molecule has 0 amide bonds. The van der Waals surface area contributed by atoms with E-state index in [-0.39, 0.29) is 11.9 Å². The summed E-state index contributed by atoms with van der Waals surface area (Å²) >= 11 is 0. The van der Waals surface area contributed by atoms with Gasteiger partial charge in [-0.3, -0.25) is 0 Å². The van der Waals surface area contributed by atoms with Gasteiger partial charge in [0.2, 0.25) is 0 Å². The number of benzene rings is 1. The zero-order valence-electron chi connectivity index (χ0n) is 28.6. The third-order valence-electron chi connectivity index (χ3n) is 10.6. The van der Waals surface area contributed by atoms with Crippen molar-refractivity contribution in [1.82, 2.24) is 20.9 Å². The molecule has 3 unspecified atom stereocenters. The Balaban J connectivity index is 1.09. The minimum Gasteiger partial charge on any atom is -0.381 e. The highest BCUT2D eigenvalue weighted by molar-refractivity contribution is 5.54. The second kappa shape index (κ2) is 15.4. The molecule has 0 aromatic heterocycles. The van der Waals surface area contributed by atoms with Crippen molar-refractivity contribution >= 4 is 0 Å². The van der Waals surface area contributed by atoms with Crippen LogP contribution in [0.2, 0.25) is 0 Å². The highest BCUT2D eigenvalue weighted by atomic mass is 19.1. The second-order valence-electron chi connectivity index (χ2n) is 14.1. The molecule has 47 heavy (non-hydrogen) atoms. The van der Waals surface area contributed by atoms with Crippen LogP contribution >= 0.6 is 0 Å². The number of nitrogens with zero attached hydrogens (tertiary/aromatic N) is 1. The van der Waals surface area contributed by atoms with E-state index in [2.05, 4.69) is 96.9 Å². The van der Waals surface area contributed by atoms with Gasteiger partial charge in [-0.1, -0.05) is 75.1 Å². The molecule has 0 radical (unpaired) electrons. The molecule has 4 nitrogen and oxygen atoms in total. The monoisotopic (exact) mass is 632 g/mol. The van der Waals surface area contributed by atoms with Gasteiger partial charge in [-0.15, -0.1) is 0 Å². The summed E-state index contributed by atoms with van der Waals surface area (Å²) in [6.45, 7) is 11.2. The molecule has 1 saturated carbocycles. The van der Waals surface area contributed by atoms with Crippen LogP contribution in [0.15, 0.2) is 137 Å². The van der Waals surface area contributed by atoms with Crippen LogP contribution in [0.1, 0.15) is 70.8 Å². The van der Waals surface area contributed by atoms with E-state index < -0.39 is 0 Å². The Bertz CT molecular complexity index is 1550. The van der Waals surface area contributed by atoms with Gasteiger partial charge >= 0.3 is 0 Å². The van der Waals surface area contributed by atoms with Gasteiger partial charge in [0.05, 0.1) is 11.9 Å². The topological polar surface area (TPSA) is 39.3 Å². The molecule has 0 spiro atoms. The van der Waals surface area contributed by atoms with Crippen molar-refractivity contribution in [3.63, 3.8) is 0 Å². The minimum atomic E-state index is -0.150. The maximum Gasteiger partial charge on any atom is 0.123 e. The molecule has 2 aliphatic heterocycles. The van der Waals surface area contributed by atoms with Crippen molar-refractivity contribution in [3.8, 4) is 0 Å². The fourth-order valence-electron chi connectivity index (χ4n) is 8.31. The Kier molecular flexibility index (Phi) is 10.8. The smallest absolute Gasteiger partial charge is 0.123 e. The first-order chi connectivity index (χ1) is 22.9. The maximum absolute atomic E-state index is 15.5. The Labute approximate surface area is 282 Å². The lowest BCUT2D eigenvalue weighted by Gasteiger charge is -2.30. The van der Waals surface area contributed by atoms with E-state index in [9.17, 15) is 0 Å². The fourth-order valence-corrected chi connectivity index (χ4v) is 8.31. The number of dihydropyridines is 1. The van der Waals surface area contributed by atoms with Crippen LogP contribution in [0.5, 0.6) is 0 Å². The number of rotatable bonds is 13. The maximum atomic E-state index is 15.5. The lowest BCUT2D eigenvalue weighted by molar-refractivity contribution is 0.347. The SMILES string of the molecule is C=C(NC1=CC=C(CC2=C3C=C(CC)C(CCC4CC5CN(C)CC5C4)=CC3NC=C2)C(F)=CC1)N/C(=C\CC)Cc1ccccc1. The molecule has 2 fully saturated rings. The zero-order chi connectivity index (χ0) is 32.8. The van der Waals surface area contributed by atoms with Crippen LogP contribution in [0.3, 0.4) is 0 Å². The fraction of sp³-hybridized carbons (Fsp3) is 0.429. The molecule has 6 rings (SSSR count). The first kappa shape index (κ1) is 33.1. The van der Waals surface area contributed by atoms with Gasteiger partial charge in [-0.2, -0.15) is 0 Å². The molecule has 1 aromatic carbocycles. The summed E-state index contributed by atoms with van der Waals surface area (Å²) in [4.78, 5) is 2.52. The van der Waals surface area contributed by atoms with Crippen molar-refractivity contribution in [2.24, 2.45) is 17.8 Å². The minimum absolute atomic E-state index is 0.150. The number of hydrogen-bond acceptors (Lipinski definition) is 4. The number of fused-ring (bicyclic) bond motifs is 2. The molecule has 3 atom stereocenters. The lowest BCUT2D eigenvalue weighted by atomic mass is 9.82. The molecule has 5 heteroatoms. The second-order valence-corrected chi connectivity index (χ2v) is 14.1. The molecule has 3 aliphatic carbocycles. The predicted octanol–water partition coefficient (Wildman–Crippen LogP) is 9.06. The summed E-state index contributed by atoms with van der Waals surface area (Å²) in [7, 11) is 2.28. The summed E-state index contributed by atoms with van der Waals surface area (Å²) in [5.74, 6) is 3.24. The van der Waals surface area contributed by atoms with E-state index in [4.69, 9.17) is 0 Å². The summed E-state index contributed by atoms with van der Waals surface area (Å²) in [5.41, 5.74) is 9.37. The van der Waals surface area contributed by atoms with Crippen LogP contribution in [-0.2, 0) is 6.42 Å². The van der Waals surface area contributed by atoms with Gasteiger partial charge in [0, 0.05) is 43.7 Å². The standard InChI is InChI=1S/C42H53FN4/c1-5-10-39(23-30-11-8-7-9-12-30)46-29(3)45-38-16-15-35(41(43)18-17-38)24-34-19-20-44-42-26-33(32(6-2)25-40(34)42)14-13-31-21-36-27-47(4)28-37(36)22-31/h7-12,15-16,18-20,25-26,31,36-37,42,44-46H,3,5-6,13-14,17,21-24,27-28H2,1-2,4H3/b39-10-. The first-order valence-corrected chi connectivity index (χ1v) is 17.9. The van der Waals surface area contributed by atoms with Crippen LogP contribution in [0.25, 0.3) is 0 Å². The van der Waals surface area contributed by atoms with Crippen molar-refractivity contribution < 1.29 is 4.39 Å². The van der Waals surface area contributed by atoms with Crippen LogP contribution in [0, 0.1) is 17.8 Å². The molecule has 1 aromatic rings. The van der Waals surface area contributed by atoms with Gasteiger partial charge < -0.3 is 20.9 Å². The van der Waals surface area contributed by atoms with Gasteiger partial charge in [-0.05, 0) is 121 Å². The molecular formula is C42H53FN4. The summed E-state index contributed by atoms with van der Waals surface area (Å²) in [6, 6.07) is 10.6. The Morgan fingerprint density at radius 3 is 2.60 bits per heavy atom. The average molecular weight is 633 g/mol. The summed E-state index contributed by atoms with van der Waals surface area (Å²) < 4.78 is 15.5. The van der Waals surface area contributed by atoms with E-state index in [1.165, 1.54) is 60.2 Å². The highest BCUT2D eigenvalue weighted by Gasteiger charge is 2.39. The quantitative estimate of drug-likeness (QED) is 0.203. The number of allylic oxidation sites excluding steroid dienone is 11. The molecular weight excluding hydrogens is 579 g/mol. The molecule has 5 aliphatic rings. The van der Waals surface area contributed by atoms with Crippen molar-refractivity contribution in [1.29, 1.82) is 0 Å². The molecule has 0 bridgehead atoms. The Hall–Kier alpha value is -3.83. The molecule has 248 valence electrons. The van der Waals surface area contributed by atoms with Gasteiger partial charge in [-0.25, -0.2) is 4.39 Å². The number of hydrogen-bond donors (Lipinski definition) is 3. The first-order valence-electron chi connectivity index (χ1n) is 17.9. The van der Waals surface area contributed by atoms with Gasteiger partial charge in [0.15, 0.2) is 0 Å². The Morgan fingerprint density at radius 2 is 1.85 bits per heavy atom. The Morgan fingerprint density at radius 1 is 1.06 bits per heavy atom. The average Bonchev–Trinajstić information content (AvgIpc) is 3.55. The molecule has 3 N–H and O–H groups in total. The predicted molar refractivity (Wildman–Crippen MR) is 195 cm³/mol. The van der Waals surface area contributed by atoms with E-state index in [1.54, 1.807) is 6.08 Å². The van der Waals surface area contributed by atoms with E-state index in [1.807, 2.05) is 24.4 Å². The van der Waals surface area contributed by atoms with Crippen LogP contribution in [-0.4, -0.2) is 31.1 Å². The normalized spacial score (nSPS) is 25.9. The van der Waals surface area contributed by atoms with Crippen LogP contribution < -0.4 is 16.0 Å². The lowest BCUT2D eigenvalue weighted by Crippen LogP contribution is -2.30.